The molecule has 0 fully saturated rings. The fourth-order valence-corrected chi connectivity index (χ4v) is 1.95. The number of aryl methyl sites for hydroxylation is 2. The lowest BCUT2D eigenvalue weighted by atomic mass is 10.2. The SMILES string of the molecule is Cc1nc2cc(C(=O)NNC(=O)OC(C)(C)C)ccc2n1C. The average Bonchev–Trinajstić information content (AvgIpc) is 2.69. The summed E-state index contributed by atoms with van der Waals surface area (Å²) < 4.78 is 6.97. The number of carbonyl (C=O) groups excluding carboxylic acids is 2. The van der Waals surface area contributed by atoms with Crippen molar-refractivity contribution in [2.24, 2.45) is 7.05 Å². The third-order valence-electron chi connectivity index (χ3n) is 3.04. The number of hydrogen-bond donors (Lipinski definition) is 2. The van der Waals surface area contributed by atoms with Gasteiger partial charge in [0.1, 0.15) is 11.4 Å². The minimum absolute atomic E-state index is 0.404. The quantitative estimate of drug-likeness (QED) is 0.790. The lowest BCUT2D eigenvalue weighted by molar-refractivity contribution is 0.0483. The number of hydrazine groups is 1. The van der Waals surface area contributed by atoms with Crippen LogP contribution in [0.5, 0.6) is 0 Å². The lowest BCUT2D eigenvalue weighted by Crippen LogP contribution is -2.44. The lowest BCUT2D eigenvalue weighted by Gasteiger charge is -2.19. The zero-order valence-corrected chi connectivity index (χ0v) is 13.4. The first kappa shape index (κ1) is 15.8. The predicted molar refractivity (Wildman–Crippen MR) is 82.3 cm³/mol. The van der Waals surface area contributed by atoms with Crippen LogP contribution in [-0.4, -0.2) is 27.2 Å². The third-order valence-corrected chi connectivity index (χ3v) is 3.04. The molecule has 0 spiro atoms. The summed E-state index contributed by atoms with van der Waals surface area (Å²) in [5.74, 6) is 0.426. The van der Waals surface area contributed by atoms with Crippen molar-refractivity contribution >= 4 is 23.0 Å². The van der Waals surface area contributed by atoms with Crippen LogP contribution in [0.15, 0.2) is 18.2 Å². The second-order valence-corrected chi connectivity index (χ2v) is 6.00. The number of ether oxygens (including phenoxy) is 1. The van der Waals surface area contributed by atoms with Gasteiger partial charge >= 0.3 is 6.09 Å². The van der Waals surface area contributed by atoms with E-state index in [9.17, 15) is 9.59 Å². The molecule has 2 aromatic rings. The second kappa shape index (κ2) is 5.67. The van der Waals surface area contributed by atoms with Crippen LogP contribution in [0.25, 0.3) is 11.0 Å². The highest BCUT2D eigenvalue weighted by Crippen LogP contribution is 2.16. The molecule has 1 heterocycles. The number of nitrogens with zero attached hydrogens (tertiary/aromatic N) is 2. The Hall–Kier alpha value is -2.57. The number of rotatable bonds is 1. The number of nitrogens with one attached hydrogen (secondary N) is 2. The highest BCUT2D eigenvalue weighted by molar-refractivity contribution is 5.98. The highest BCUT2D eigenvalue weighted by atomic mass is 16.6. The average molecular weight is 304 g/mol. The van der Waals surface area contributed by atoms with Crippen LogP contribution in [-0.2, 0) is 11.8 Å². The molecule has 0 radical (unpaired) electrons. The molecule has 2 rings (SSSR count). The largest absolute Gasteiger partial charge is 0.443 e. The maximum atomic E-state index is 12.0. The Morgan fingerprint density at radius 1 is 1.23 bits per heavy atom. The molecule has 1 aromatic carbocycles. The molecular weight excluding hydrogens is 284 g/mol. The molecule has 0 bridgehead atoms. The first-order valence-electron chi connectivity index (χ1n) is 6.90. The van der Waals surface area contributed by atoms with E-state index >= 15 is 0 Å². The zero-order valence-electron chi connectivity index (χ0n) is 13.4. The molecule has 2 amide bonds. The van der Waals surface area contributed by atoms with E-state index in [1.54, 1.807) is 32.9 Å². The van der Waals surface area contributed by atoms with Crippen molar-refractivity contribution in [1.82, 2.24) is 20.4 Å². The summed E-state index contributed by atoms with van der Waals surface area (Å²) in [5, 5.41) is 0. The van der Waals surface area contributed by atoms with Crippen LogP contribution in [0.2, 0.25) is 0 Å². The first-order chi connectivity index (χ1) is 10.2. The van der Waals surface area contributed by atoms with Gasteiger partial charge in [0, 0.05) is 12.6 Å². The molecule has 0 saturated carbocycles. The molecule has 0 saturated heterocycles. The maximum Gasteiger partial charge on any atom is 0.426 e. The van der Waals surface area contributed by atoms with Gasteiger partial charge in [-0.1, -0.05) is 0 Å². The van der Waals surface area contributed by atoms with Crippen LogP contribution in [0.1, 0.15) is 37.0 Å². The van der Waals surface area contributed by atoms with Gasteiger partial charge in [0.15, 0.2) is 0 Å². The standard InChI is InChI=1S/C15H20N4O3/c1-9-16-11-8-10(6-7-12(11)19(9)5)13(20)17-18-14(21)22-15(2,3)4/h6-8H,1-5H3,(H,17,20)(H,18,21). The van der Waals surface area contributed by atoms with Crippen LogP contribution in [0, 0.1) is 6.92 Å². The van der Waals surface area contributed by atoms with Crippen LogP contribution in [0.3, 0.4) is 0 Å². The predicted octanol–water partition coefficient (Wildman–Crippen LogP) is 2.05. The molecule has 2 N–H and O–H groups in total. The Morgan fingerprint density at radius 2 is 1.91 bits per heavy atom. The van der Waals surface area contributed by atoms with E-state index in [0.717, 1.165) is 16.9 Å². The smallest absolute Gasteiger partial charge is 0.426 e. The minimum atomic E-state index is -0.712. The Balaban J connectivity index is 2.05. The van der Waals surface area contributed by atoms with Gasteiger partial charge in [-0.25, -0.2) is 15.2 Å². The minimum Gasteiger partial charge on any atom is -0.443 e. The van der Waals surface area contributed by atoms with Crippen LogP contribution < -0.4 is 10.9 Å². The van der Waals surface area contributed by atoms with E-state index in [0.29, 0.717) is 5.56 Å². The first-order valence-corrected chi connectivity index (χ1v) is 6.90. The molecule has 7 heteroatoms. The van der Waals surface area contributed by atoms with E-state index in [1.807, 2.05) is 24.6 Å². The molecule has 0 aliphatic carbocycles. The fraction of sp³-hybridized carbons (Fsp3) is 0.400. The molecule has 7 nitrogen and oxygen atoms in total. The van der Waals surface area contributed by atoms with Crippen molar-refractivity contribution in [2.75, 3.05) is 0 Å². The second-order valence-electron chi connectivity index (χ2n) is 6.00. The number of hydrogen-bond acceptors (Lipinski definition) is 4. The van der Waals surface area contributed by atoms with E-state index in [-0.39, 0.29) is 0 Å². The Kier molecular flexibility index (Phi) is 4.07. The molecule has 0 atom stereocenters. The Labute approximate surface area is 128 Å². The van der Waals surface area contributed by atoms with E-state index < -0.39 is 17.6 Å². The molecule has 0 aliphatic heterocycles. The Morgan fingerprint density at radius 3 is 2.55 bits per heavy atom. The number of aromatic nitrogens is 2. The van der Waals surface area contributed by atoms with Crippen molar-refractivity contribution in [3.63, 3.8) is 0 Å². The summed E-state index contributed by atoms with van der Waals surface area (Å²) in [5.41, 5.74) is 5.97. The van der Waals surface area contributed by atoms with Crippen molar-refractivity contribution in [3.05, 3.63) is 29.6 Å². The van der Waals surface area contributed by atoms with Gasteiger partial charge in [-0.3, -0.25) is 10.2 Å². The van der Waals surface area contributed by atoms with Crippen molar-refractivity contribution < 1.29 is 14.3 Å². The van der Waals surface area contributed by atoms with Crippen molar-refractivity contribution in [3.8, 4) is 0 Å². The number of benzene rings is 1. The summed E-state index contributed by atoms with van der Waals surface area (Å²) >= 11 is 0. The van der Waals surface area contributed by atoms with Crippen molar-refractivity contribution in [1.29, 1.82) is 0 Å². The molecular formula is C15H20N4O3. The topological polar surface area (TPSA) is 85.2 Å². The van der Waals surface area contributed by atoms with Gasteiger partial charge < -0.3 is 9.30 Å². The number of fused-ring (bicyclic) bond motifs is 1. The van der Waals surface area contributed by atoms with Crippen LogP contribution in [0.4, 0.5) is 4.79 Å². The molecule has 1 aromatic heterocycles. The van der Waals surface area contributed by atoms with E-state index in [4.69, 9.17) is 4.74 Å². The van der Waals surface area contributed by atoms with Gasteiger partial charge in [-0.05, 0) is 45.9 Å². The van der Waals surface area contributed by atoms with Gasteiger partial charge in [-0.15, -0.1) is 0 Å². The van der Waals surface area contributed by atoms with Crippen molar-refractivity contribution in [2.45, 2.75) is 33.3 Å². The van der Waals surface area contributed by atoms with E-state index in [2.05, 4.69) is 15.8 Å². The molecule has 22 heavy (non-hydrogen) atoms. The summed E-state index contributed by atoms with van der Waals surface area (Å²) in [6.45, 7) is 7.12. The molecule has 118 valence electrons. The fourth-order valence-electron chi connectivity index (χ4n) is 1.95. The van der Waals surface area contributed by atoms with Gasteiger partial charge in [0.05, 0.1) is 11.0 Å². The summed E-state index contributed by atoms with van der Waals surface area (Å²) in [6.07, 6.45) is -0.712. The molecule has 0 unspecified atom stereocenters. The van der Waals surface area contributed by atoms with Crippen LogP contribution >= 0.6 is 0 Å². The number of imidazole rings is 1. The summed E-state index contributed by atoms with van der Waals surface area (Å²) in [4.78, 5) is 27.9. The normalized spacial score (nSPS) is 11.3. The van der Waals surface area contributed by atoms with Gasteiger partial charge in [-0.2, -0.15) is 0 Å². The third kappa shape index (κ3) is 3.55. The maximum absolute atomic E-state index is 12.0. The van der Waals surface area contributed by atoms with E-state index in [1.165, 1.54) is 0 Å². The van der Waals surface area contributed by atoms with Gasteiger partial charge in [0.2, 0.25) is 0 Å². The van der Waals surface area contributed by atoms with Gasteiger partial charge in [0.25, 0.3) is 5.91 Å². The summed E-state index contributed by atoms with van der Waals surface area (Å²) in [7, 11) is 1.91. The summed E-state index contributed by atoms with van der Waals surface area (Å²) in [6, 6.07) is 5.17. The Bertz CT molecular complexity index is 728. The zero-order chi connectivity index (χ0) is 16.5. The molecule has 0 aliphatic rings. The number of carbonyl (C=O) groups is 2. The highest BCUT2D eigenvalue weighted by Gasteiger charge is 2.17. The monoisotopic (exact) mass is 304 g/mol. The number of amides is 2.